The van der Waals surface area contributed by atoms with Gasteiger partial charge >= 0.3 is 0 Å². The number of ether oxygens (including phenoxy) is 1. The maximum Gasteiger partial charge on any atom is 0.262 e. The van der Waals surface area contributed by atoms with E-state index >= 15 is 0 Å². The molecule has 0 radical (unpaired) electrons. The van der Waals surface area contributed by atoms with Gasteiger partial charge in [0.2, 0.25) is 0 Å². The summed E-state index contributed by atoms with van der Waals surface area (Å²) in [5.41, 5.74) is 0.486. The van der Waals surface area contributed by atoms with Crippen molar-refractivity contribution in [1.82, 2.24) is 5.32 Å². The van der Waals surface area contributed by atoms with Crippen molar-refractivity contribution < 1.29 is 19.1 Å². The van der Waals surface area contributed by atoms with Gasteiger partial charge in [0.25, 0.3) is 11.8 Å². The first kappa shape index (κ1) is 10.4. The minimum atomic E-state index is -0.487. The van der Waals surface area contributed by atoms with Crippen LogP contribution in [-0.2, 0) is 4.79 Å². The third-order valence-corrected chi connectivity index (χ3v) is 2.16. The van der Waals surface area contributed by atoms with Crippen LogP contribution in [-0.4, -0.2) is 24.2 Å². The van der Waals surface area contributed by atoms with E-state index < -0.39 is 11.8 Å². The molecule has 1 aromatic carbocycles. The minimum absolute atomic E-state index is 0.113. The number of fused-ring (bicyclic) bond motifs is 1. The smallest absolute Gasteiger partial charge is 0.262 e. The molecule has 1 heterocycles. The molecule has 0 aromatic heterocycles. The average molecular weight is 219 g/mol. The van der Waals surface area contributed by atoms with Crippen LogP contribution in [0.25, 0.3) is 0 Å². The van der Waals surface area contributed by atoms with E-state index in [0.29, 0.717) is 0 Å². The summed E-state index contributed by atoms with van der Waals surface area (Å²) in [5, 5.41) is 2.17. The quantitative estimate of drug-likeness (QED) is 0.753. The zero-order chi connectivity index (χ0) is 11.7. The zero-order valence-electron chi connectivity index (χ0n) is 8.57. The Morgan fingerprint density at radius 3 is 2.75 bits per heavy atom. The summed E-state index contributed by atoms with van der Waals surface area (Å²) in [6.45, 7) is 1.27. The van der Waals surface area contributed by atoms with Gasteiger partial charge in [-0.2, -0.15) is 0 Å². The number of hydrogen-bond acceptors (Lipinski definition) is 4. The lowest BCUT2D eigenvalue weighted by Crippen LogP contribution is -2.20. The number of carbonyl (C=O) groups is 3. The molecule has 0 saturated heterocycles. The van der Waals surface area contributed by atoms with E-state index in [9.17, 15) is 14.4 Å². The van der Waals surface area contributed by atoms with Crippen LogP contribution in [0.1, 0.15) is 27.6 Å². The van der Waals surface area contributed by atoms with Crippen LogP contribution >= 0.6 is 0 Å². The molecule has 5 heteroatoms. The van der Waals surface area contributed by atoms with Gasteiger partial charge in [0.05, 0.1) is 11.1 Å². The van der Waals surface area contributed by atoms with E-state index in [1.54, 1.807) is 12.1 Å². The predicted molar refractivity (Wildman–Crippen MR) is 54.4 cm³/mol. The molecule has 1 aliphatic heterocycles. The molecule has 0 aliphatic carbocycles. The Hall–Kier alpha value is -2.17. The summed E-state index contributed by atoms with van der Waals surface area (Å²) < 4.78 is 5.17. The monoisotopic (exact) mass is 219 g/mol. The Labute approximate surface area is 91.4 Å². The van der Waals surface area contributed by atoms with Gasteiger partial charge in [-0.25, -0.2) is 0 Å². The van der Waals surface area contributed by atoms with Crippen LogP contribution < -0.4 is 10.1 Å². The van der Waals surface area contributed by atoms with Gasteiger partial charge in [0.15, 0.2) is 5.78 Å². The molecule has 2 rings (SSSR count). The van der Waals surface area contributed by atoms with Crippen LogP contribution in [0.4, 0.5) is 0 Å². The van der Waals surface area contributed by atoms with E-state index in [2.05, 4.69) is 5.32 Å². The number of carbonyl (C=O) groups excluding carboxylic acids is 3. The van der Waals surface area contributed by atoms with Crippen molar-refractivity contribution in [2.24, 2.45) is 0 Å². The van der Waals surface area contributed by atoms with E-state index in [4.69, 9.17) is 4.74 Å². The second-order valence-electron chi connectivity index (χ2n) is 3.45. The van der Waals surface area contributed by atoms with E-state index in [1.165, 1.54) is 13.0 Å². The van der Waals surface area contributed by atoms with Crippen LogP contribution in [0.2, 0.25) is 0 Å². The Kier molecular flexibility index (Phi) is 2.44. The number of rotatable bonds is 3. The van der Waals surface area contributed by atoms with Crippen molar-refractivity contribution in [3.05, 3.63) is 29.3 Å². The fourth-order valence-electron chi connectivity index (χ4n) is 1.49. The number of nitrogens with one attached hydrogen (secondary N) is 1. The van der Waals surface area contributed by atoms with Crippen LogP contribution in [0.3, 0.4) is 0 Å². The summed E-state index contributed by atoms with van der Waals surface area (Å²) in [5.74, 6) is -0.814. The van der Waals surface area contributed by atoms with Crippen LogP contribution in [0.5, 0.6) is 5.75 Å². The van der Waals surface area contributed by atoms with Gasteiger partial charge < -0.3 is 4.74 Å². The molecule has 16 heavy (non-hydrogen) atoms. The number of imide groups is 1. The Morgan fingerprint density at radius 2 is 2.06 bits per heavy atom. The lowest BCUT2D eigenvalue weighted by Gasteiger charge is -2.06. The molecule has 0 saturated carbocycles. The first-order chi connectivity index (χ1) is 7.59. The highest BCUT2D eigenvalue weighted by Crippen LogP contribution is 2.26. The Balaban J connectivity index is 2.37. The van der Waals surface area contributed by atoms with Crippen molar-refractivity contribution in [2.75, 3.05) is 6.61 Å². The molecule has 0 fully saturated rings. The molecule has 2 amide bonds. The van der Waals surface area contributed by atoms with Crippen LogP contribution in [0.15, 0.2) is 18.2 Å². The molecule has 1 aromatic rings. The summed E-state index contributed by atoms with van der Waals surface area (Å²) in [6, 6.07) is 4.70. The van der Waals surface area contributed by atoms with Crippen molar-refractivity contribution in [1.29, 1.82) is 0 Å². The Bertz CT molecular complexity index is 493. The van der Waals surface area contributed by atoms with E-state index in [-0.39, 0.29) is 29.3 Å². The van der Waals surface area contributed by atoms with E-state index in [1.807, 2.05) is 0 Å². The van der Waals surface area contributed by atoms with Gasteiger partial charge in [0.1, 0.15) is 12.4 Å². The molecule has 0 spiro atoms. The number of benzene rings is 1. The fourth-order valence-corrected chi connectivity index (χ4v) is 1.49. The van der Waals surface area contributed by atoms with Crippen molar-refractivity contribution in [3.63, 3.8) is 0 Å². The second kappa shape index (κ2) is 3.77. The normalized spacial score (nSPS) is 13.3. The highest BCUT2D eigenvalue weighted by atomic mass is 16.5. The number of amides is 2. The molecule has 82 valence electrons. The largest absolute Gasteiger partial charge is 0.485 e. The molecular formula is C11H9NO4. The van der Waals surface area contributed by atoms with Gasteiger partial charge in [-0.05, 0) is 19.1 Å². The maximum absolute atomic E-state index is 11.4. The first-order valence-electron chi connectivity index (χ1n) is 4.70. The molecule has 0 bridgehead atoms. The SMILES string of the molecule is CC(=O)COc1cccc2c1C(=O)NC2=O. The highest BCUT2D eigenvalue weighted by molar-refractivity contribution is 6.22. The third kappa shape index (κ3) is 1.67. The molecular weight excluding hydrogens is 210 g/mol. The Morgan fingerprint density at radius 1 is 1.31 bits per heavy atom. The molecule has 0 atom stereocenters. The standard InChI is InChI=1S/C11H9NO4/c1-6(13)5-16-8-4-2-3-7-9(8)11(15)12-10(7)14/h2-4H,5H2,1H3,(H,12,14,15). The molecule has 0 unspecified atom stereocenters. The topological polar surface area (TPSA) is 72.5 Å². The van der Waals surface area contributed by atoms with Crippen LogP contribution in [0, 0.1) is 0 Å². The summed E-state index contributed by atoms with van der Waals surface area (Å²) in [4.78, 5) is 33.5. The minimum Gasteiger partial charge on any atom is -0.485 e. The van der Waals surface area contributed by atoms with Crippen molar-refractivity contribution in [3.8, 4) is 5.75 Å². The first-order valence-corrected chi connectivity index (χ1v) is 4.70. The molecule has 5 nitrogen and oxygen atoms in total. The molecule has 1 aliphatic rings. The zero-order valence-corrected chi connectivity index (χ0v) is 8.57. The predicted octanol–water partition coefficient (Wildman–Crippen LogP) is 0.538. The summed E-state index contributed by atoms with van der Waals surface area (Å²) >= 11 is 0. The fraction of sp³-hybridized carbons (Fsp3) is 0.182. The van der Waals surface area contributed by atoms with Gasteiger partial charge in [-0.1, -0.05) is 6.07 Å². The average Bonchev–Trinajstić information content (AvgIpc) is 2.52. The van der Waals surface area contributed by atoms with Gasteiger partial charge in [-0.3, -0.25) is 19.7 Å². The number of ketones is 1. The lowest BCUT2D eigenvalue weighted by molar-refractivity contribution is -0.118. The summed E-state index contributed by atoms with van der Waals surface area (Å²) in [6.07, 6.45) is 0. The molecule has 1 N–H and O–H groups in total. The number of hydrogen-bond donors (Lipinski definition) is 1. The van der Waals surface area contributed by atoms with E-state index in [0.717, 1.165) is 0 Å². The lowest BCUT2D eigenvalue weighted by atomic mass is 10.1. The van der Waals surface area contributed by atoms with Gasteiger partial charge in [-0.15, -0.1) is 0 Å². The van der Waals surface area contributed by atoms with Crippen molar-refractivity contribution in [2.45, 2.75) is 6.92 Å². The van der Waals surface area contributed by atoms with Gasteiger partial charge in [0, 0.05) is 0 Å². The third-order valence-electron chi connectivity index (χ3n) is 2.16. The summed E-state index contributed by atoms with van der Waals surface area (Å²) in [7, 11) is 0. The highest BCUT2D eigenvalue weighted by Gasteiger charge is 2.30. The maximum atomic E-state index is 11.4. The second-order valence-corrected chi connectivity index (χ2v) is 3.45. The van der Waals surface area contributed by atoms with Crippen molar-refractivity contribution >= 4 is 17.6 Å². The number of Topliss-reactive ketones (excluding diaryl/α,β-unsaturated/α-hetero) is 1.